The smallest absolute Gasteiger partial charge is 0.164 e. The molecule has 0 spiro atoms. The number of hydrogen-bond acceptors (Lipinski definition) is 5. The lowest BCUT2D eigenvalue weighted by Gasteiger charge is -2.21. The summed E-state index contributed by atoms with van der Waals surface area (Å²) in [6.07, 6.45) is -1.80. The zero-order valence-corrected chi connectivity index (χ0v) is 9.47. The number of hydrogen-bond donors (Lipinski definition) is 2. The molecule has 1 aliphatic heterocycles. The Labute approximate surface area is 89.9 Å². The third-order valence-electron chi connectivity index (χ3n) is 2.27. The molecule has 0 unspecified atom stereocenters. The summed E-state index contributed by atoms with van der Waals surface area (Å²) in [6.45, 7) is 5.92. The summed E-state index contributed by atoms with van der Waals surface area (Å²) < 4.78 is 16.0. The largest absolute Gasteiger partial charge is 0.394 e. The molecule has 1 aliphatic rings. The molecule has 0 amide bonds. The zero-order chi connectivity index (χ0) is 11.5. The first-order valence-electron chi connectivity index (χ1n) is 5.22. The zero-order valence-electron chi connectivity index (χ0n) is 9.47. The number of aliphatic hydroxyl groups is 2. The van der Waals surface area contributed by atoms with Crippen molar-refractivity contribution < 1.29 is 24.4 Å². The average Bonchev–Trinajstić information content (AvgIpc) is 2.50. The van der Waals surface area contributed by atoms with Gasteiger partial charge in [-0.15, -0.1) is 0 Å². The van der Waals surface area contributed by atoms with Crippen LogP contribution in [0.15, 0.2) is 0 Å². The Morgan fingerprint density at radius 3 is 2.60 bits per heavy atom. The van der Waals surface area contributed by atoms with Gasteiger partial charge < -0.3 is 24.4 Å². The summed E-state index contributed by atoms with van der Waals surface area (Å²) >= 11 is 0. The van der Waals surface area contributed by atoms with Gasteiger partial charge in [-0.05, 0) is 20.8 Å². The van der Waals surface area contributed by atoms with Crippen LogP contribution in [-0.2, 0) is 14.2 Å². The van der Waals surface area contributed by atoms with Crippen LogP contribution in [0, 0.1) is 0 Å². The molecule has 0 bridgehead atoms. The highest BCUT2D eigenvalue weighted by Crippen LogP contribution is 2.29. The lowest BCUT2D eigenvalue weighted by atomic mass is 10.1. The first-order valence-corrected chi connectivity index (χ1v) is 5.22. The molecule has 0 aromatic carbocycles. The van der Waals surface area contributed by atoms with Crippen molar-refractivity contribution in [3.8, 4) is 0 Å². The van der Waals surface area contributed by atoms with Gasteiger partial charge in [0.05, 0.1) is 13.2 Å². The van der Waals surface area contributed by atoms with Crippen molar-refractivity contribution in [3.63, 3.8) is 0 Å². The maximum absolute atomic E-state index is 9.77. The van der Waals surface area contributed by atoms with Crippen molar-refractivity contribution in [1.29, 1.82) is 0 Å². The Hall–Kier alpha value is -0.200. The van der Waals surface area contributed by atoms with Gasteiger partial charge in [0, 0.05) is 6.61 Å². The summed E-state index contributed by atoms with van der Waals surface area (Å²) in [5.41, 5.74) is 0. The quantitative estimate of drug-likeness (QED) is 0.677. The Morgan fingerprint density at radius 1 is 1.40 bits per heavy atom. The first-order chi connectivity index (χ1) is 7.00. The maximum atomic E-state index is 9.77. The Kier molecular flexibility index (Phi) is 4.48. The van der Waals surface area contributed by atoms with Crippen LogP contribution in [-0.4, -0.2) is 54.1 Å². The van der Waals surface area contributed by atoms with Crippen LogP contribution in [0.4, 0.5) is 0 Å². The molecule has 1 heterocycles. The van der Waals surface area contributed by atoms with Crippen LogP contribution in [0.25, 0.3) is 0 Å². The van der Waals surface area contributed by atoms with Crippen molar-refractivity contribution in [2.75, 3.05) is 19.8 Å². The molecule has 5 nitrogen and oxygen atoms in total. The van der Waals surface area contributed by atoms with E-state index in [1.807, 2.05) is 6.92 Å². The van der Waals surface area contributed by atoms with E-state index in [1.165, 1.54) is 0 Å². The van der Waals surface area contributed by atoms with E-state index >= 15 is 0 Å². The lowest BCUT2D eigenvalue weighted by molar-refractivity contribution is -0.159. The molecule has 1 fully saturated rings. The van der Waals surface area contributed by atoms with Crippen LogP contribution in [0.3, 0.4) is 0 Å². The highest BCUT2D eigenvalue weighted by molar-refractivity contribution is 4.86. The van der Waals surface area contributed by atoms with E-state index in [0.29, 0.717) is 6.61 Å². The standard InChI is InChI=1S/C10H20O5/c1-4-13-6-7(12)9-8(5-11)14-10(2,3)15-9/h7-9,11-12H,4-6H2,1-3H3/t7-,8+,9-/m1/s1. The van der Waals surface area contributed by atoms with Gasteiger partial charge in [-0.3, -0.25) is 0 Å². The fourth-order valence-electron chi connectivity index (χ4n) is 1.66. The summed E-state index contributed by atoms with van der Waals surface area (Å²) in [5.74, 6) is -0.759. The van der Waals surface area contributed by atoms with Crippen molar-refractivity contribution in [1.82, 2.24) is 0 Å². The van der Waals surface area contributed by atoms with E-state index in [4.69, 9.17) is 19.3 Å². The molecule has 90 valence electrons. The van der Waals surface area contributed by atoms with Crippen LogP contribution >= 0.6 is 0 Å². The second kappa shape index (κ2) is 5.23. The van der Waals surface area contributed by atoms with E-state index in [1.54, 1.807) is 13.8 Å². The molecular formula is C10H20O5. The minimum atomic E-state index is -0.774. The number of aliphatic hydroxyl groups excluding tert-OH is 2. The van der Waals surface area contributed by atoms with Crippen molar-refractivity contribution in [2.24, 2.45) is 0 Å². The Bertz CT molecular complexity index is 194. The maximum Gasteiger partial charge on any atom is 0.164 e. The highest BCUT2D eigenvalue weighted by atomic mass is 16.8. The van der Waals surface area contributed by atoms with Gasteiger partial charge in [0.25, 0.3) is 0 Å². The molecule has 3 atom stereocenters. The molecule has 0 saturated carbocycles. The predicted octanol–water partition coefficient (Wildman–Crippen LogP) is -0.104. The first kappa shape index (κ1) is 12.9. The van der Waals surface area contributed by atoms with Gasteiger partial charge in [0.1, 0.15) is 18.3 Å². The molecule has 0 aromatic heterocycles. The summed E-state index contributed by atoms with van der Waals surface area (Å²) in [4.78, 5) is 0. The SMILES string of the molecule is CCOC[C@@H](O)[C@H]1OC(C)(C)O[C@H]1CO. The van der Waals surface area contributed by atoms with Crippen LogP contribution in [0.1, 0.15) is 20.8 Å². The van der Waals surface area contributed by atoms with E-state index in [9.17, 15) is 5.11 Å². The number of ether oxygens (including phenoxy) is 3. The topological polar surface area (TPSA) is 68.2 Å². The third kappa shape index (κ3) is 3.39. The van der Waals surface area contributed by atoms with Gasteiger partial charge in [0.2, 0.25) is 0 Å². The monoisotopic (exact) mass is 220 g/mol. The molecule has 1 saturated heterocycles. The fraction of sp³-hybridized carbons (Fsp3) is 1.00. The van der Waals surface area contributed by atoms with E-state index in [-0.39, 0.29) is 13.2 Å². The molecular weight excluding hydrogens is 200 g/mol. The Morgan fingerprint density at radius 2 is 2.07 bits per heavy atom. The van der Waals surface area contributed by atoms with Gasteiger partial charge >= 0.3 is 0 Å². The third-order valence-corrected chi connectivity index (χ3v) is 2.27. The normalized spacial score (nSPS) is 31.8. The molecule has 0 aromatic rings. The van der Waals surface area contributed by atoms with E-state index in [0.717, 1.165) is 0 Å². The van der Waals surface area contributed by atoms with Crippen LogP contribution < -0.4 is 0 Å². The minimum Gasteiger partial charge on any atom is -0.394 e. The minimum absolute atomic E-state index is 0.169. The molecule has 1 rings (SSSR count). The van der Waals surface area contributed by atoms with Crippen molar-refractivity contribution in [2.45, 2.75) is 44.9 Å². The van der Waals surface area contributed by atoms with Gasteiger partial charge in [0.15, 0.2) is 5.79 Å². The van der Waals surface area contributed by atoms with Crippen LogP contribution in [0.5, 0.6) is 0 Å². The molecule has 15 heavy (non-hydrogen) atoms. The lowest BCUT2D eigenvalue weighted by Crippen LogP contribution is -2.40. The van der Waals surface area contributed by atoms with Gasteiger partial charge in [-0.1, -0.05) is 0 Å². The predicted molar refractivity (Wildman–Crippen MR) is 53.4 cm³/mol. The highest BCUT2D eigenvalue weighted by Gasteiger charge is 2.44. The van der Waals surface area contributed by atoms with Crippen LogP contribution in [0.2, 0.25) is 0 Å². The van der Waals surface area contributed by atoms with Crippen molar-refractivity contribution in [3.05, 3.63) is 0 Å². The second-order valence-electron chi connectivity index (χ2n) is 4.05. The number of rotatable bonds is 5. The molecule has 5 heteroatoms. The average molecular weight is 220 g/mol. The molecule has 0 aliphatic carbocycles. The summed E-state index contributed by atoms with van der Waals surface area (Å²) in [6, 6.07) is 0. The van der Waals surface area contributed by atoms with Gasteiger partial charge in [-0.25, -0.2) is 0 Å². The van der Waals surface area contributed by atoms with Gasteiger partial charge in [-0.2, -0.15) is 0 Å². The van der Waals surface area contributed by atoms with E-state index in [2.05, 4.69) is 0 Å². The summed E-state index contributed by atoms with van der Waals surface area (Å²) in [7, 11) is 0. The van der Waals surface area contributed by atoms with Crippen molar-refractivity contribution >= 4 is 0 Å². The second-order valence-corrected chi connectivity index (χ2v) is 4.05. The molecule has 0 radical (unpaired) electrons. The fourth-order valence-corrected chi connectivity index (χ4v) is 1.66. The van der Waals surface area contributed by atoms with E-state index < -0.39 is 24.1 Å². The summed E-state index contributed by atoms with van der Waals surface area (Å²) in [5, 5.41) is 18.9. The Balaban J connectivity index is 2.52. The molecule has 2 N–H and O–H groups in total.